The summed E-state index contributed by atoms with van der Waals surface area (Å²) in [5, 5.41) is 4.38. The Hall–Kier alpha value is -0.609. The van der Waals surface area contributed by atoms with Crippen molar-refractivity contribution >= 4 is 37.9 Å². The number of hydrogen-bond donors (Lipinski definition) is 1. The van der Waals surface area contributed by atoms with Crippen LogP contribution in [0.2, 0.25) is 14.7 Å². The molecule has 0 saturated heterocycles. The fourth-order valence-electron chi connectivity index (χ4n) is 5.83. The van der Waals surface area contributed by atoms with Crippen LogP contribution in [0, 0.1) is 0 Å². The van der Waals surface area contributed by atoms with E-state index in [0.717, 1.165) is 19.3 Å². The van der Waals surface area contributed by atoms with Crippen LogP contribution in [-0.4, -0.2) is 13.6 Å². The minimum atomic E-state index is -5.27. The zero-order valence-corrected chi connectivity index (χ0v) is 25.9. The van der Waals surface area contributed by atoms with Crippen LogP contribution in [0.1, 0.15) is 58.1 Å². The van der Waals surface area contributed by atoms with E-state index in [0.29, 0.717) is 8.11 Å². The normalized spacial score (nSPS) is 20.9. The molecule has 0 radical (unpaired) electrons. The first-order valence-electron chi connectivity index (χ1n) is 12.0. The van der Waals surface area contributed by atoms with Crippen LogP contribution in [0.15, 0.2) is 72.3 Å². The molecule has 1 atom stereocenters. The van der Waals surface area contributed by atoms with Crippen molar-refractivity contribution in [3.63, 3.8) is 0 Å². The van der Waals surface area contributed by atoms with Crippen molar-refractivity contribution in [2.24, 2.45) is 0 Å². The molecule has 0 amide bonds. The van der Waals surface area contributed by atoms with Crippen molar-refractivity contribution in [1.82, 2.24) is 3.80 Å². The second-order valence-electron chi connectivity index (χ2n) is 13.0. The van der Waals surface area contributed by atoms with Gasteiger partial charge in [-0.1, -0.05) is 0 Å². The van der Waals surface area contributed by atoms with E-state index in [4.69, 9.17) is 18.6 Å². The minimum absolute atomic E-state index is 0.0634. The molecule has 0 fully saturated rings. The Kier molecular flexibility index (Phi) is 6.05. The molecule has 1 nitrogen and oxygen atoms in total. The summed E-state index contributed by atoms with van der Waals surface area (Å²) < 4.78 is 3.84. The molecule has 0 heterocycles. The van der Waals surface area contributed by atoms with Crippen LogP contribution in [0.3, 0.4) is 0 Å². The number of halogens is 2. The average molecular weight is 525 g/mol. The van der Waals surface area contributed by atoms with Gasteiger partial charge in [-0.05, 0) is 0 Å². The standard InChI is InChI=1S/C21H21.C4H10N.2CH3.2ClH.H3Si.Ti/c1-2-3-10-19-15-16-20(17-11-6-4-7-12-17)21(19)18-13-8-5-9-14-18;1-4(2,3)5;;;;;;/h4-9,11-16H,2-3,10H2,1H3;5H,1-3H3;2*1H3;2*1H;1H3;/q;-1;;;;;;+3/p-2. The summed E-state index contributed by atoms with van der Waals surface area (Å²) in [5.74, 6) is 0. The molecule has 0 aromatic heterocycles. The Morgan fingerprint density at radius 1 is 0.906 bits per heavy atom. The monoisotopic (exact) mass is 524 g/mol. The van der Waals surface area contributed by atoms with Crippen LogP contribution in [0.25, 0.3) is 11.1 Å². The zero-order chi connectivity index (χ0) is 23.9. The van der Waals surface area contributed by atoms with Crippen molar-refractivity contribution in [2.75, 3.05) is 0 Å². The van der Waals surface area contributed by atoms with Crippen LogP contribution >= 0.6 is 18.6 Å². The predicted molar refractivity (Wildman–Crippen MR) is 147 cm³/mol. The zero-order valence-electron chi connectivity index (χ0n) is 20.8. The van der Waals surface area contributed by atoms with E-state index in [1.165, 1.54) is 27.8 Å². The van der Waals surface area contributed by atoms with E-state index in [9.17, 15) is 0 Å². The molecule has 1 unspecified atom stereocenters. The molecular formula is C27H40Cl2NSiTi. The van der Waals surface area contributed by atoms with Gasteiger partial charge < -0.3 is 0 Å². The van der Waals surface area contributed by atoms with E-state index in [1.807, 2.05) is 0 Å². The van der Waals surface area contributed by atoms with Gasteiger partial charge in [-0.3, -0.25) is 0 Å². The van der Waals surface area contributed by atoms with Crippen molar-refractivity contribution in [3.8, 4) is 0 Å². The predicted octanol–water partition coefficient (Wildman–Crippen LogP) is 8.26. The van der Waals surface area contributed by atoms with Crippen LogP contribution < -0.4 is 3.80 Å². The van der Waals surface area contributed by atoms with Crippen LogP contribution in [0.4, 0.5) is 0 Å². The topological polar surface area (TPSA) is 12.0 Å². The molecular weight excluding hydrogens is 485 g/mol. The number of benzene rings is 2. The quantitative estimate of drug-likeness (QED) is 0.359. The number of hydrogen-bond acceptors (Lipinski definition) is 1. The van der Waals surface area contributed by atoms with Gasteiger partial charge in [-0.15, -0.1) is 0 Å². The Morgan fingerprint density at radius 2 is 1.41 bits per heavy atom. The molecule has 2 aromatic rings. The molecule has 32 heavy (non-hydrogen) atoms. The molecule has 175 valence electrons. The van der Waals surface area contributed by atoms with Crippen molar-refractivity contribution < 1.29 is 10.1 Å². The summed E-state index contributed by atoms with van der Waals surface area (Å²) in [4.78, 5) is 0. The Balaban J connectivity index is 2.41. The summed E-state index contributed by atoms with van der Waals surface area (Å²) in [7, 11) is 11.4. The fourth-order valence-corrected chi connectivity index (χ4v) is 23.7. The first-order valence-corrected chi connectivity index (χ1v) is 26.7. The third-order valence-corrected chi connectivity index (χ3v) is 20.5. The van der Waals surface area contributed by atoms with Gasteiger partial charge in [0, 0.05) is 0 Å². The SMILES string of the molecule is CCCCC1=C[CH]([Ti]([CH3])([CH3])([SiH3])([Cl])([Cl])[NH]C(C)(C)C)C(c2ccccc2)=C1c1ccccc1. The summed E-state index contributed by atoms with van der Waals surface area (Å²) in [5.41, 5.74) is 6.22. The molecule has 1 aliphatic rings. The number of unbranched alkanes of at least 4 members (excludes halogenated alkanes) is 1. The molecule has 0 bridgehead atoms. The molecule has 1 N–H and O–H groups in total. The molecule has 1 aliphatic carbocycles. The molecule has 2 aromatic carbocycles. The Labute approximate surface area is 201 Å². The van der Waals surface area contributed by atoms with Gasteiger partial charge in [-0.2, -0.15) is 0 Å². The van der Waals surface area contributed by atoms with Gasteiger partial charge in [0.1, 0.15) is 0 Å². The molecule has 0 saturated carbocycles. The third-order valence-electron chi connectivity index (χ3n) is 6.46. The third kappa shape index (κ3) is 5.71. The molecule has 0 spiro atoms. The van der Waals surface area contributed by atoms with E-state index in [1.54, 1.807) is 0 Å². The summed E-state index contributed by atoms with van der Waals surface area (Å²) in [6.07, 6.45) is 5.77. The Morgan fingerprint density at radius 3 is 1.88 bits per heavy atom. The summed E-state index contributed by atoms with van der Waals surface area (Å²) >= 11 is 0. The summed E-state index contributed by atoms with van der Waals surface area (Å²) in [6.45, 7) is 8.77. The van der Waals surface area contributed by atoms with Gasteiger partial charge in [0.05, 0.1) is 0 Å². The van der Waals surface area contributed by atoms with Crippen LogP contribution in [0.5, 0.6) is 0 Å². The molecule has 3 rings (SSSR count). The van der Waals surface area contributed by atoms with Gasteiger partial charge in [-0.25, -0.2) is 0 Å². The Bertz CT molecular complexity index is 1070. The van der Waals surface area contributed by atoms with E-state index >= 15 is 0 Å². The molecule has 0 aliphatic heterocycles. The number of rotatable bonds is 7. The summed E-state index contributed by atoms with van der Waals surface area (Å²) in [6, 6.07) is 21.5. The van der Waals surface area contributed by atoms with Crippen molar-refractivity contribution in [3.05, 3.63) is 83.4 Å². The van der Waals surface area contributed by atoms with E-state index < -0.39 is 10.1 Å². The van der Waals surface area contributed by atoms with E-state index in [2.05, 4.69) is 109 Å². The second-order valence-corrected chi connectivity index (χ2v) is 66.7. The van der Waals surface area contributed by atoms with Gasteiger partial charge >= 0.3 is 202 Å². The fraction of sp³-hybridized carbons (Fsp3) is 0.407. The average Bonchev–Trinajstić information content (AvgIpc) is 3.06. The number of nitrogens with one attached hydrogen (secondary N) is 1. The van der Waals surface area contributed by atoms with Gasteiger partial charge in [0.25, 0.3) is 0 Å². The maximum atomic E-state index is 8.01. The van der Waals surface area contributed by atoms with Crippen molar-refractivity contribution in [1.29, 1.82) is 0 Å². The first kappa shape index (κ1) is 26.0. The first-order chi connectivity index (χ1) is 14.5. The number of allylic oxidation sites excluding steroid dienone is 4. The molecule has 5 heteroatoms. The van der Waals surface area contributed by atoms with Crippen LogP contribution in [-0.2, 0) is 10.1 Å². The van der Waals surface area contributed by atoms with Gasteiger partial charge in [0.15, 0.2) is 0 Å². The van der Waals surface area contributed by atoms with E-state index in [-0.39, 0.29) is 9.76 Å². The maximum absolute atomic E-state index is 8.01. The van der Waals surface area contributed by atoms with Gasteiger partial charge in [0.2, 0.25) is 0 Å². The second kappa shape index (κ2) is 7.44. The van der Waals surface area contributed by atoms with Crippen molar-refractivity contribution in [2.45, 2.75) is 67.2 Å².